The van der Waals surface area contributed by atoms with Gasteiger partial charge >= 0.3 is 12.4 Å². The lowest BCUT2D eigenvalue weighted by Gasteiger charge is -2.30. The molecule has 10 nitrogen and oxygen atoms in total. The second-order valence-corrected chi connectivity index (χ2v) is 12.2. The summed E-state index contributed by atoms with van der Waals surface area (Å²) in [4.78, 5) is 34.7. The molecule has 0 radical (unpaired) electrons. The Kier molecular flexibility index (Phi) is 9.83. The van der Waals surface area contributed by atoms with Gasteiger partial charge in [0.05, 0.1) is 23.2 Å². The van der Waals surface area contributed by atoms with Gasteiger partial charge < -0.3 is 25.4 Å². The van der Waals surface area contributed by atoms with Gasteiger partial charge in [-0.25, -0.2) is 4.98 Å². The van der Waals surface area contributed by atoms with Crippen molar-refractivity contribution in [1.29, 1.82) is 0 Å². The average molecular weight is 691 g/mol. The zero-order chi connectivity index (χ0) is 34.1. The highest BCUT2D eigenvalue weighted by Gasteiger charge is 2.68. The molecule has 3 aromatic rings. The first kappa shape index (κ1) is 34.5. The zero-order valence-electron chi connectivity index (χ0n) is 25.4. The maximum absolute atomic E-state index is 13.3. The summed E-state index contributed by atoms with van der Waals surface area (Å²) in [5, 5.41) is 8.49. The minimum atomic E-state index is -4.62. The molecule has 3 N–H and O–H groups in total. The molecule has 2 saturated carbocycles. The van der Waals surface area contributed by atoms with E-state index in [1.807, 2.05) is 0 Å². The van der Waals surface area contributed by atoms with E-state index >= 15 is 0 Å². The van der Waals surface area contributed by atoms with Crippen LogP contribution in [0.5, 0.6) is 5.88 Å². The van der Waals surface area contributed by atoms with Gasteiger partial charge in [0, 0.05) is 26.7 Å². The van der Waals surface area contributed by atoms with Crippen LogP contribution in [0.2, 0.25) is 5.02 Å². The first-order valence-electron chi connectivity index (χ1n) is 14.9. The van der Waals surface area contributed by atoms with E-state index in [2.05, 4.69) is 25.9 Å². The number of halogens is 7. The lowest BCUT2D eigenvalue weighted by Crippen LogP contribution is -2.40. The van der Waals surface area contributed by atoms with Crippen LogP contribution in [0.3, 0.4) is 0 Å². The molecular formula is C30H33ClF6N6O4. The highest BCUT2D eigenvalue weighted by molar-refractivity contribution is 6.33. The summed E-state index contributed by atoms with van der Waals surface area (Å²) in [6.45, 7) is 0.107. The number of aromatic nitrogens is 3. The van der Waals surface area contributed by atoms with E-state index < -0.39 is 41.5 Å². The number of pyridine rings is 1. The predicted octanol–water partition coefficient (Wildman–Crippen LogP) is 6.20. The SMILES string of the molecule is COCCOc1nc2c(cc1C(=O)NC1CCC(C(F)(F)F)CC1)nc(Nc1cc(CNC(=O)C3(C(F)(F)F)CC3)ccc1Cl)n2C. The van der Waals surface area contributed by atoms with Crippen molar-refractivity contribution in [2.75, 3.05) is 25.6 Å². The molecular weight excluding hydrogens is 658 g/mol. The van der Waals surface area contributed by atoms with Crippen molar-refractivity contribution in [1.82, 2.24) is 25.2 Å². The molecule has 2 aromatic heterocycles. The molecule has 2 amide bonds. The van der Waals surface area contributed by atoms with Crippen LogP contribution in [0.1, 0.15) is 54.4 Å². The van der Waals surface area contributed by atoms with E-state index in [-0.39, 0.29) is 80.7 Å². The topological polar surface area (TPSA) is 119 Å². The standard InChI is InChI=1S/C30H33ClF6N6O4/c1-43-23-22(14-19(25(42-23)47-12-11-46-2)24(44)39-18-6-4-17(5-7-18)29(32,33)34)41-27(43)40-21-13-16(3-8-20(21)31)15-38-26(45)28(9-10-28)30(35,36)37/h3,8,13-14,17-18H,4-7,9-12,15H2,1-2H3,(H,38,45)(H,39,44)(H,40,41). The number of nitrogens with zero attached hydrogens (tertiary/aromatic N) is 3. The number of hydrogen-bond donors (Lipinski definition) is 3. The van der Waals surface area contributed by atoms with Crippen LogP contribution in [-0.2, 0) is 23.1 Å². The molecule has 2 aliphatic rings. The summed E-state index contributed by atoms with van der Waals surface area (Å²) >= 11 is 6.39. The van der Waals surface area contributed by atoms with Gasteiger partial charge in [0.15, 0.2) is 5.65 Å². The highest BCUT2D eigenvalue weighted by atomic mass is 35.5. The number of alkyl halides is 6. The highest BCUT2D eigenvalue weighted by Crippen LogP contribution is 2.57. The summed E-state index contributed by atoms with van der Waals surface area (Å²) < 4.78 is 91.6. The number of anilines is 2. The quantitative estimate of drug-likeness (QED) is 0.162. The van der Waals surface area contributed by atoms with Crippen LogP contribution >= 0.6 is 11.6 Å². The minimum absolute atomic E-state index is 0.0198. The van der Waals surface area contributed by atoms with E-state index in [4.69, 9.17) is 21.1 Å². The van der Waals surface area contributed by atoms with Crippen LogP contribution in [-0.4, -0.2) is 65.1 Å². The van der Waals surface area contributed by atoms with Gasteiger partial charge in [-0.3, -0.25) is 14.2 Å². The molecule has 0 saturated heterocycles. The third-order valence-electron chi connectivity index (χ3n) is 8.56. The van der Waals surface area contributed by atoms with E-state index in [1.165, 1.54) is 19.2 Å². The molecule has 2 heterocycles. The van der Waals surface area contributed by atoms with Gasteiger partial charge in [-0.2, -0.15) is 31.3 Å². The summed E-state index contributed by atoms with van der Waals surface area (Å²) in [6.07, 6.45) is -9.20. The summed E-state index contributed by atoms with van der Waals surface area (Å²) in [6, 6.07) is 5.67. The summed E-state index contributed by atoms with van der Waals surface area (Å²) in [5.41, 5.74) is -0.853. The molecule has 256 valence electrons. The molecule has 2 aliphatic carbocycles. The van der Waals surface area contributed by atoms with Crippen molar-refractivity contribution < 1.29 is 45.4 Å². The maximum atomic E-state index is 13.3. The average Bonchev–Trinajstić information content (AvgIpc) is 3.78. The Balaban J connectivity index is 1.34. The zero-order valence-corrected chi connectivity index (χ0v) is 26.2. The van der Waals surface area contributed by atoms with Crippen molar-refractivity contribution in [3.8, 4) is 5.88 Å². The number of rotatable bonds is 11. The van der Waals surface area contributed by atoms with Gasteiger partial charge in [0.25, 0.3) is 5.91 Å². The maximum Gasteiger partial charge on any atom is 0.403 e. The van der Waals surface area contributed by atoms with Crippen LogP contribution in [0.25, 0.3) is 11.2 Å². The minimum Gasteiger partial charge on any atom is -0.475 e. The number of carbonyl (C=O) groups excluding carboxylic acids is 2. The molecule has 1 aromatic carbocycles. The lowest BCUT2D eigenvalue weighted by atomic mass is 9.85. The molecule has 0 atom stereocenters. The first-order chi connectivity index (χ1) is 22.1. The molecule has 2 fully saturated rings. The fraction of sp³-hybridized carbons (Fsp3) is 0.533. The number of imidazole rings is 1. The monoisotopic (exact) mass is 690 g/mol. The Hall–Kier alpha value is -3.79. The Morgan fingerprint density at radius 2 is 1.74 bits per heavy atom. The number of aryl methyl sites for hydroxylation is 1. The Labute approximate surface area is 270 Å². The molecule has 5 rings (SSSR count). The Morgan fingerprint density at radius 1 is 1.04 bits per heavy atom. The van der Waals surface area contributed by atoms with Crippen LogP contribution in [0.15, 0.2) is 24.3 Å². The molecule has 0 unspecified atom stereocenters. The van der Waals surface area contributed by atoms with Crippen LogP contribution in [0.4, 0.5) is 38.0 Å². The van der Waals surface area contributed by atoms with E-state index in [1.54, 1.807) is 23.7 Å². The van der Waals surface area contributed by atoms with Crippen LogP contribution in [0, 0.1) is 11.3 Å². The third kappa shape index (κ3) is 7.53. The molecule has 0 spiro atoms. The largest absolute Gasteiger partial charge is 0.475 e. The smallest absolute Gasteiger partial charge is 0.403 e. The van der Waals surface area contributed by atoms with Crippen molar-refractivity contribution in [2.24, 2.45) is 18.4 Å². The molecule has 0 bridgehead atoms. The second-order valence-electron chi connectivity index (χ2n) is 11.8. The van der Waals surface area contributed by atoms with Gasteiger partial charge in [-0.05, 0) is 62.3 Å². The summed E-state index contributed by atoms with van der Waals surface area (Å²) in [7, 11) is 3.12. The normalized spacial score (nSPS) is 19.3. The number of methoxy groups -OCH3 is 1. The first-order valence-corrected chi connectivity index (χ1v) is 15.3. The number of nitrogens with one attached hydrogen (secondary N) is 3. The number of carbonyl (C=O) groups is 2. The van der Waals surface area contributed by atoms with Crippen molar-refractivity contribution >= 4 is 46.2 Å². The van der Waals surface area contributed by atoms with Gasteiger partial charge in [-0.1, -0.05) is 17.7 Å². The lowest BCUT2D eigenvalue weighted by molar-refractivity contribution is -0.192. The van der Waals surface area contributed by atoms with E-state index in [0.29, 0.717) is 22.4 Å². The third-order valence-corrected chi connectivity index (χ3v) is 8.89. The van der Waals surface area contributed by atoms with Crippen molar-refractivity contribution in [2.45, 2.75) is 63.5 Å². The molecule has 47 heavy (non-hydrogen) atoms. The number of fused-ring (bicyclic) bond motifs is 1. The predicted molar refractivity (Wildman–Crippen MR) is 159 cm³/mol. The fourth-order valence-corrected chi connectivity index (χ4v) is 5.71. The Morgan fingerprint density at radius 3 is 2.36 bits per heavy atom. The second kappa shape index (κ2) is 13.4. The number of hydrogen-bond acceptors (Lipinski definition) is 7. The van der Waals surface area contributed by atoms with Crippen molar-refractivity contribution in [3.05, 3.63) is 40.4 Å². The van der Waals surface area contributed by atoms with Crippen molar-refractivity contribution in [3.63, 3.8) is 0 Å². The van der Waals surface area contributed by atoms with E-state index in [9.17, 15) is 35.9 Å². The van der Waals surface area contributed by atoms with Gasteiger partial charge in [-0.15, -0.1) is 0 Å². The Bertz CT molecular complexity index is 1630. The summed E-state index contributed by atoms with van der Waals surface area (Å²) in [5.74, 6) is -2.81. The number of benzene rings is 1. The van der Waals surface area contributed by atoms with Crippen LogP contribution < -0.4 is 20.7 Å². The number of ether oxygens (including phenoxy) is 2. The van der Waals surface area contributed by atoms with Gasteiger partial charge in [0.2, 0.25) is 17.7 Å². The molecule has 17 heteroatoms. The van der Waals surface area contributed by atoms with Gasteiger partial charge in [0.1, 0.15) is 23.1 Å². The molecule has 0 aliphatic heterocycles. The van der Waals surface area contributed by atoms with E-state index in [0.717, 1.165) is 0 Å². The number of amides is 2. The fourth-order valence-electron chi connectivity index (χ4n) is 5.54.